The van der Waals surface area contributed by atoms with Gasteiger partial charge in [0.15, 0.2) is 0 Å². The second-order valence-electron chi connectivity index (χ2n) is 6.91. The van der Waals surface area contributed by atoms with Gasteiger partial charge in [-0.15, -0.1) is 0 Å². The van der Waals surface area contributed by atoms with E-state index in [1.807, 2.05) is 0 Å². The maximum absolute atomic E-state index is 12.1. The molecule has 0 aromatic rings. The maximum atomic E-state index is 12.1. The largest absolute Gasteiger partial charge is 0.339 e. The van der Waals surface area contributed by atoms with Crippen molar-refractivity contribution in [3.8, 4) is 0 Å². The van der Waals surface area contributed by atoms with E-state index in [9.17, 15) is 14.4 Å². The molecule has 7 nitrogen and oxygen atoms in total. The summed E-state index contributed by atoms with van der Waals surface area (Å²) in [6, 6.07) is 0.0667. The van der Waals surface area contributed by atoms with Crippen LogP contribution in [-0.2, 0) is 9.59 Å². The molecule has 2 fully saturated rings. The molecule has 2 N–H and O–H groups in total. The fourth-order valence-corrected chi connectivity index (χ4v) is 3.46. The zero-order valence-electron chi connectivity index (χ0n) is 14.8. The molecule has 136 valence electrons. The van der Waals surface area contributed by atoms with Gasteiger partial charge in [0.2, 0.25) is 11.8 Å². The molecule has 1 saturated carbocycles. The highest BCUT2D eigenvalue weighted by atomic mass is 16.2. The molecule has 2 rings (SSSR count). The molecule has 0 spiro atoms. The number of carbonyl (C=O) groups excluding carboxylic acids is 3. The van der Waals surface area contributed by atoms with E-state index in [0.717, 1.165) is 12.8 Å². The minimum atomic E-state index is -0.178. The van der Waals surface area contributed by atoms with Crippen LogP contribution in [0.1, 0.15) is 46.0 Å². The summed E-state index contributed by atoms with van der Waals surface area (Å²) in [4.78, 5) is 38.9. The lowest BCUT2D eigenvalue weighted by molar-refractivity contribution is -0.138. The van der Waals surface area contributed by atoms with Gasteiger partial charge in [0.05, 0.1) is 0 Å². The van der Waals surface area contributed by atoms with Crippen molar-refractivity contribution in [2.75, 3.05) is 32.7 Å². The van der Waals surface area contributed by atoms with Crippen LogP contribution in [-0.4, -0.2) is 66.4 Å². The number of amides is 4. The molecule has 0 bridgehead atoms. The van der Waals surface area contributed by atoms with Crippen LogP contribution >= 0.6 is 0 Å². The Labute approximate surface area is 144 Å². The highest BCUT2D eigenvalue weighted by molar-refractivity contribution is 5.79. The summed E-state index contributed by atoms with van der Waals surface area (Å²) in [7, 11) is 0. The molecule has 1 heterocycles. The first kappa shape index (κ1) is 18.5. The zero-order chi connectivity index (χ0) is 17.5. The van der Waals surface area contributed by atoms with Gasteiger partial charge in [0.1, 0.15) is 0 Å². The molecular formula is C17H30N4O3. The van der Waals surface area contributed by atoms with E-state index < -0.39 is 0 Å². The van der Waals surface area contributed by atoms with Gasteiger partial charge in [-0.3, -0.25) is 9.59 Å². The van der Waals surface area contributed by atoms with Crippen LogP contribution in [0.5, 0.6) is 0 Å². The predicted molar refractivity (Wildman–Crippen MR) is 91.4 cm³/mol. The summed E-state index contributed by atoms with van der Waals surface area (Å²) in [5, 5.41) is 5.81. The van der Waals surface area contributed by atoms with Crippen molar-refractivity contribution in [3.05, 3.63) is 0 Å². The minimum Gasteiger partial charge on any atom is -0.339 e. The fourth-order valence-electron chi connectivity index (χ4n) is 3.46. The first-order valence-electron chi connectivity index (χ1n) is 9.05. The Hall–Kier alpha value is -1.79. The van der Waals surface area contributed by atoms with Crippen LogP contribution in [0.3, 0.4) is 0 Å². The van der Waals surface area contributed by atoms with E-state index in [1.165, 1.54) is 12.8 Å². The Morgan fingerprint density at radius 3 is 2.25 bits per heavy atom. The Bertz CT molecular complexity index is 461. The van der Waals surface area contributed by atoms with E-state index in [4.69, 9.17) is 0 Å². The molecule has 1 aliphatic heterocycles. The zero-order valence-corrected chi connectivity index (χ0v) is 14.8. The number of hydrogen-bond donors (Lipinski definition) is 2. The molecule has 0 unspecified atom stereocenters. The Balaban J connectivity index is 1.62. The van der Waals surface area contributed by atoms with Crippen molar-refractivity contribution in [1.29, 1.82) is 0 Å². The molecule has 2 atom stereocenters. The average Bonchev–Trinajstić information content (AvgIpc) is 2.57. The fraction of sp³-hybridized carbons (Fsp3) is 0.824. The summed E-state index contributed by atoms with van der Waals surface area (Å²) in [6.45, 7) is 6.40. The second kappa shape index (κ2) is 8.89. The molecule has 0 aromatic carbocycles. The number of piperazine rings is 1. The number of nitrogens with zero attached hydrogens (tertiary/aromatic N) is 2. The normalized spacial score (nSPS) is 24.4. The summed E-state index contributed by atoms with van der Waals surface area (Å²) in [5.41, 5.74) is 0. The van der Waals surface area contributed by atoms with Crippen molar-refractivity contribution in [1.82, 2.24) is 20.4 Å². The highest BCUT2D eigenvalue weighted by Crippen LogP contribution is 2.23. The van der Waals surface area contributed by atoms with Crippen LogP contribution in [0.4, 0.5) is 4.79 Å². The topological polar surface area (TPSA) is 81.8 Å². The van der Waals surface area contributed by atoms with Crippen molar-refractivity contribution in [2.45, 2.75) is 52.0 Å². The summed E-state index contributed by atoms with van der Waals surface area (Å²) in [5.74, 6) is 0.602. The van der Waals surface area contributed by atoms with Gasteiger partial charge in [-0.25, -0.2) is 4.79 Å². The van der Waals surface area contributed by atoms with Gasteiger partial charge < -0.3 is 20.4 Å². The lowest BCUT2D eigenvalue weighted by Gasteiger charge is -2.34. The third-order valence-corrected chi connectivity index (χ3v) is 5.13. The van der Waals surface area contributed by atoms with Gasteiger partial charge in [-0.2, -0.15) is 0 Å². The quantitative estimate of drug-likeness (QED) is 0.800. The van der Waals surface area contributed by atoms with Gasteiger partial charge in [0.25, 0.3) is 0 Å². The SMILES string of the molecule is CC(=O)N1CCN(C(=O)CCNC(=O)N[C@H]2CCCC[C@@H]2C)CC1. The molecule has 7 heteroatoms. The van der Waals surface area contributed by atoms with Gasteiger partial charge in [0, 0.05) is 52.1 Å². The van der Waals surface area contributed by atoms with Crippen LogP contribution in [0.15, 0.2) is 0 Å². The highest BCUT2D eigenvalue weighted by Gasteiger charge is 2.24. The van der Waals surface area contributed by atoms with Crippen LogP contribution < -0.4 is 10.6 Å². The Morgan fingerprint density at radius 1 is 1.00 bits per heavy atom. The second-order valence-corrected chi connectivity index (χ2v) is 6.91. The molecule has 0 aromatic heterocycles. The van der Waals surface area contributed by atoms with E-state index >= 15 is 0 Å². The number of urea groups is 1. The summed E-state index contributed by atoms with van der Waals surface area (Å²) in [6.07, 6.45) is 4.91. The number of nitrogens with one attached hydrogen (secondary N) is 2. The predicted octanol–water partition coefficient (Wildman–Crippen LogP) is 0.945. The lowest BCUT2D eigenvalue weighted by Crippen LogP contribution is -2.51. The van der Waals surface area contributed by atoms with Gasteiger partial charge in [-0.05, 0) is 18.8 Å². The minimum absolute atomic E-state index is 0.0320. The summed E-state index contributed by atoms with van der Waals surface area (Å²) >= 11 is 0. The molecule has 24 heavy (non-hydrogen) atoms. The first-order valence-corrected chi connectivity index (χ1v) is 9.05. The molecule has 2 aliphatic rings. The summed E-state index contributed by atoms with van der Waals surface area (Å²) < 4.78 is 0. The van der Waals surface area contributed by atoms with Crippen LogP contribution in [0.2, 0.25) is 0 Å². The first-order chi connectivity index (χ1) is 11.5. The monoisotopic (exact) mass is 338 g/mol. The molecular weight excluding hydrogens is 308 g/mol. The number of carbonyl (C=O) groups is 3. The third-order valence-electron chi connectivity index (χ3n) is 5.13. The van der Waals surface area contributed by atoms with Crippen LogP contribution in [0.25, 0.3) is 0 Å². The van der Waals surface area contributed by atoms with Gasteiger partial charge >= 0.3 is 6.03 Å². The molecule has 0 radical (unpaired) electrons. The van der Waals surface area contributed by atoms with Crippen molar-refractivity contribution < 1.29 is 14.4 Å². The molecule has 1 aliphatic carbocycles. The smallest absolute Gasteiger partial charge is 0.315 e. The molecule has 1 saturated heterocycles. The Morgan fingerprint density at radius 2 is 1.62 bits per heavy atom. The van der Waals surface area contributed by atoms with E-state index in [2.05, 4.69) is 17.6 Å². The number of hydrogen-bond acceptors (Lipinski definition) is 3. The van der Waals surface area contributed by atoms with Gasteiger partial charge in [-0.1, -0.05) is 19.8 Å². The van der Waals surface area contributed by atoms with E-state index in [1.54, 1.807) is 16.7 Å². The third kappa shape index (κ3) is 5.39. The average molecular weight is 338 g/mol. The lowest BCUT2D eigenvalue weighted by atomic mass is 9.86. The number of rotatable bonds is 4. The Kier molecular flexibility index (Phi) is 6.87. The standard InChI is InChI=1S/C17H30N4O3/c1-13-5-3-4-6-15(13)19-17(24)18-8-7-16(23)21-11-9-20(10-12-21)14(2)22/h13,15H,3-12H2,1-2H3,(H2,18,19,24)/t13-,15-/m0/s1. The maximum Gasteiger partial charge on any atom is 0.315 e. The van der Waals surface area contributed by atoms with Crippen molar-refractivity contribution >= 4 is 17.8 Å². The molecule has 4 amide bonds. The van der Waals surface area contributed by atoms with E-state index in [-0.39, 0.29) is 23.9 Å². The van der Waals surface area contributed by atoms with Crippen molar-refractivity contribution in [2.24, 2.45) is 5.92 Å². The van der Waals surface area contributed by atoms with Crippen LogP contribution in [0, 0.1) is 5.92 Å². The van der Waals surface area contributed by atoms with Crippen molar-refractivity contribution in [3.63, 3.8) is 0 Å². The van der Waals surface area contributed by atoms with E-state index in [0.29, 0.717) is 45.1 Å².